The lowest BCUT2D eigenvalue weighted by Crippen LogP contribution is -2.38. The van der Waals surface area contributed by atoms with Crippen LogP contribution in [0.3, 0.4) is 0 Å². The summed E-state index contributed by atoms with van der Waals surface area (Å²) in [5, 5.41) is 18.1. The molecule has 0 fully saturated rings. The molecule has 0 bridgehead atoms. The molecule has 1 aliphatic heterocycles. The normalized spacial score (nSPS) is 15.4. The molecule has 194 valence electrons. The summed E-state index contributed by atoms with van der Waals surface area (Å²) in [5.74, 6) is -0.995. The average Bonchev–Trinajstić information content (AvgIpc) is 3.27. The summed E-state index contributed by atoms with van der Waals surface area (Å²) in [5.41, 5.74) is -0.376. The third kappa shape index (κ3) is 5.21. The largest absolute Gasteiger partial charge is 0.465 e. The summed E-state index contributed by atoms with van der Waals surface area (Å²) in [7, 11) is 2.71. The number of aliphatic hydroxyl groups is 1. The van der Waals surface area contributed by atoms with Gasteiger partial charge in [-0.3, -0.25) is 9.80 Å². The van der Waals surface area contributed by atoms with Crippen molar-refractivity contribution in [2.24, 2.45) is 0 Å². The van der Waals surface area contributed by atoms with Gasteiger partial charge in [-0.1, -0.05) is 0 Å². The highest BCUT2D eigenvalue weighted by Crippen LogP contribution is 2.28. The number of methoxy groups -OCH3 is 1. The first-order valence-electron chi connectivity index (χ1n) is 11.2. The molecule has 12 nitrogen and oxygen atoms in total. The van der Waals surface area contributed by atoms with E-state index in [2.05, 4.69) is 20.4 Å². The number of hydrogen-bond donors (Lipinski definition) is 2. The summed E-state index contributed by atoms with van der Waals surface area (Å²) in [6.45, 7) is 5.20. The zero-order chi connectivity index (χ0) is 26.9. The summed E-state index contributed by atoms with van der Waals surface area (Å²) in [4.78, 5) is 36.0. The number of ether oxygens (including phenoxy) is 2. The van der Waals surface area contributed by atoms with Crippen LogP contribution in [0.2, 0.25) is 0 Å². The Labute approximate surface area is 211 Å². The Morgan fingerprint density at radius 3 is 2.73 bits per heavy atom. The predicted octanol–water partition coefficient (Wildman–Crippen LogP) is 3.07. The van der Waals surface area contributed by atoms with E-state index in [1.54, 1.807) is 32.9 Å². The first kappa shape index (κ1) is 25.6. The Morgan fingerprint density at radius 2 is 2.05 bits per heavy atom. The van der Waals surface area contributed by atoms with E-state index >= 15 is 0 Å². The molecule has 0 saturated heterocycles. The van der Waals surface area contributed by atoms with Gasteiger partial charge in [0.15, 0.2) is 23.5 Å². The summed E-state index contributed by atoms with van der Waals surface area (Å²) in [6, 6.07) is 4.17. The molecule has 2 N–H and O–H groups in total. The molecule has 4 heterocycles. The van der Waals surface area contributed by atoms with Crippen molar-refractivity contribution in [1.82, 2.24) is 19.6 Å². The molecule has 4 rings (SSSR count). The van der Waals surface area contributed by atoms with Gasteiger partial charge in [-0.2, -0.15) is 9.61 Å². The molecular formula is C24H26FN7O5. The van der Waals surface area contributed by atoms with Crippen molar-refractivity contribution < 1.29 is 28.6 Å². The van der Waals surface area contributed by atoms with Crippen LogP contribution in [0.15, 0.2) is 54.6 Å². The number of pyridine rings is 1. The number of rotatable bonds is 5. The van der Waals surface area contributed by atoms with Crippen LogP contribution in [0.5, 0.6) is 0 Å². The van der Waals surface area contributed by atoms with E-state index in [1.165, 1.54) is 65.3 Å². The van der Waals surface area contributed by atoms with Crippen molar-refractivity contribution in [2.75, 3.05) is 29.3 Å². The molecule has 0 radical (unpaired) electrons. The molecule has 3 aromatic heterocycles. The summed E-state index contributed by atoms with van der Waals surface area (Å²) >= 11 is 0. The maximum absolute atomic E-state index is 14.3. The number of fused-ring (bicyclic) bond motifs is 1. The Balaban J connectivity index is 1.74. The monoisotopic (exact) mass is 511 g/mol. The van der Waals surface area contributed by atoms with Crippen molar-refractivity contribution in [2.45, 2.75) is 32.6 Å². The fourth-order valence-electron chi connectivity index (χ4n) is 3.49. The number of aliphatic hydroxyl groups excluding tert-OH is 1. The first-order chi connectivity index (χ1) is 17.5. The fraction of sp³-hybridized carbons (Fsp3) is 0.292. The van der Waals surface area contributed by atoms with Gasteiger partial charge in [-0.05, 0) is 45.1 Å². The van der Waals surface area contributed by atoms with E-state index in [0.717, 1.165) is 0 Å². The molecule has 3 aromatic rings. The SMILES string of the molecule is COC(=O)c1cnn2c(N(C)C(=O)OC(C)(C)C)cc(NC3=CC=CN(c4ncccc4F)C3O)nc12. The standard InChI is InChI=1S/C24H26FN7O5/c1-24(2,3)37-23(35)30(4)18-12-17(29-19-14(22(34)36-5)13-27-32(18)19)28-16-9-7-11-31(21(16)33)20-15(25)8-6-10-26-20/h6-13,21,33H,1-5H3,(H,28,29). The lowest BCUT2D eigenvalue weighted by molar-refractivity contribution is 0.0583. The van der Waals surface area contributed by atoms with Gasteiger partial charge in [0.05, 0.1) is 19.0 Å². The van der Waals surface area contributed by atoms with Crippen LogP contribution in [0.25, 0.3) is 5.65 Å². The molecule has 0 spiro atoms. The minimum Gasteiger partial charge on any atom is -0.465 e. The zero-order valence-electron chi connectivity index (χ0n) is 20.8. The number of halogens is 1. The van der Waals surface area contributed by atoms with Crippen molar-refractivity contribution in [3.8, 4) is 0 Å². The van der Waals surface area contributed by atoms with Crippen molar-refractivity contribution >= 4 is 35.2 Å². The van der Waals surface area contributed by atoms with Gasteiger partial charge in [-0.15, -0.1) is 0 Å². The number of esters is 1. The molecule has 13 heteroatoms. The lowest BCUT2D eigenvalue weighted by Gasteiger charge is -2.30. The van der Waals surface area contributed by atoms with Crippen molar-refractivity contribution in [1.29, 1.82) is 0 Å². The highest BCUT2D eigenvalue weighted by molar-refractivity contribution is 5.96. The molecule has 1 atom stereocenters. The average molecular weight is 512 g/mol. The number of nitrogens with one attached hydrogen (secondary N) is 1. The Bertz CT molecular complexity index is 1410. The van der Waals surface area contributed by atoms with Crippen LogP contribution in [-0.2, 0) is 9.47 Å². The van der Waals surface area contributed by atoms with Crippen LogP contribution >= 0.6 is 0 Å². The van der Waals surface area contributed by atoms with Gasteiger partial charge in [0, 0.05) is 25.5 Å². The maximum atomic E-state index is 14.3. The van der Waals surface area contributed by atoms with E-state index in [-0.39, 0.29) is 34.4 Å². The number of hydrogen-bond acceptors (Lipinski definition) is 10. The highest BCUT2D eigenvalue weighted by Gasteiger charge is 2.28. The van der Waals surface area contributed by atoms with Crippen molar-refractivity contribution in [3.63, 3.8) is 0 Å². The topological polar surface area (TPSA) is 134 Å². The van der Waals surface area contributed by atoms with E-state index in [4.69, 9.17) is 9.47 Å². The van der Waals surface area contributed by atoms with Crippen LogP contribution in [-0.4, -0.2) is 62.7 Å². The lowest BCUT2D eigenvalue weighted by atomic mass is 10.2. The second kappa shape index (κ2) is 9.85. The number of anilines is 3. The maximum Gasteiger partial charge on any atom is 0.415 e. The van der Waals surface area contributed by atoms with Gasteiger partial charge >= 0.3 is 12.1 Å². The molecule has 1 amide bonds. The quantitative estimate of drug-likeness (QED) is 0.492. The molecule has 0 aromatic carbocycles. The minimum absolute atomic E-state index is 0.0558. The van der Waals surface area contributed by atoms with Gasteiger partial charge in [0.25, 0.3) is 0 Å². The predicted molar refractivity (Wildman–Crippen MR) is 132 cm³/mol. The Kier molecular flexibility index (Phi) is 6.81. The number of amides is 1. The second-order valence-corrected chi connectivity index (χ2v) is 9.00. The van der Waals surface area contributed by atoms with Crippen LogP contribution in [0, 0.1) is 5.82 Å². The zero-order valence-corrected chi connectivity index (χ0v) is 20.8. The minimum atomic E-state index is -1.34. The molecule has 0 saturated carbocycles. The van der Waals surface area contributed by atoms with Crippen LogP contribution < -0.4 is 15.1 Å². The second-order valence-electron chi connectivity index (χ2n) is 9.00. The van der Waals surface area contributed by atoms with E-state index < -0.39 is 29.7 Å². The van der Waals surface area contributed by atoms with Crippen LogP contribution in [0.4, 0.5) is 26.6 Å². The van der Waals surface area contributed by atoms with E-state index in [1.807, 2.05) is 0 Å². The smallest absolute Gasteiger partial charge is 0.415 e. The van der Waals surface area contributed by atoms with E-state index in [9.17, 15) is 19.1 Å². The molecule has 0 aliphatic carbocycles. The van der Waals surface area contributed by atoms with Gasteiger partial charge in [-0.25, -0.2) is 23.9 Å². The Morgan fingerprint density at radius 1 is 1.30 bits per heavy atom. The van der Waals surface area contributed by atoms with E-state index in [0.29, 0.717) is 0 Å². The first-order valence-corrected chi connectivity index (χ1v) is 11.2. The third-order valence-electron chi connectivity index (χ3n) is 5.19. The molecule has 1 unspecified atom stereocenters. The highest BCUT2D eigenvalue weighted by atomic mass is 19.1. The van der Waals surface area contributed by atoms with Crippen molar-refractivity contribution in [3.05, 3.63) is 66.0 Å². The number of aromatic nitrogens is 4. The van der Waals surface area contributed by atoms with Gasteiger partial charge in [0.2, 0.25) is 0 Å². The van der Waals surface area contributed by atoms with Crippen LogP contribution in [0.1, 0.15) is 31.1 Å². The number of nitrogens with zero attached hydrogens (tertiary/aromatic N) is 6. The molecule has 1 aliphatic rings. The van der Waals surface area contributed by atoms with Gasteiger partial charge < -0.3 is 19.9 Å². The Hall–Kier alpha value is -4.52. The fourth-order valence-corrected chi connectivity index (χ4v) is 3.49. The van der Waals surface area contributed by atoms with Gasteiger partial charge in [0.1, 0.15) is 22.8 Å². The summed E-state index contributed by atoms with van der Waals surface area (Å²) in [6.07, 6.45) is 5.31. The number of carbonyl (C=O) groups excluding carboxylic acids is 2. The third-order valence-corrected chi connectivity index (χ3v) is 5.19. The number of allylic oxidation sites excluding steroid dienone is 2. The molecule has 37 heavy (non-hydrogen) atoms. The molecular weight excluding hydrogens is 485 g/mol. The number of carbonyl (C=O) groups is 2. The summed E-state index contributed by atoms with van der Waals surface area (Å²) < 4.78 is 25.9.